The van der Waals surface area contributed by atoms with Crippen molar-refractivity contribution < 1.29 is 9.53 Å². The molecule has 0 aliphatic rings. The maximum atomic E-state index is 12.3. The number of ether oxygens (including phenoxy) is 1. The van der Waals surface area contributed by atoms with Gasteiger partial charge in [-0.3, -0.25) is 4.79 Å². The van der Waals surface area contributed by atoms with Crippen LogP contribution in [0.5, 0.6) is 5.75 Å². The minimum atomic E-state index is -0.123. The smallest absolute Gasteiger partial charge is 0.234 e. The average Bonchev–Trinajstić information content (AvgIpc) is 3.35. The minimum absolute atomic E-state index is 0.123. The number of carbonyl (C=O) groups excluding carboxylic acids is 1. The maximum Gasteiger partial charge on any atom is 0.234 e. The number of aromatic nitrogens is 3. The fourth-order valence-corrected chi connectivity index (χ4v) is 5.11. The molecule has 3 heterocycles. The van der Waals surface area contributed by atoms with Crippen LogP contribution in [0.3, 0.4) is 0 Å². The van der Waals surface area contributed by atoms with Gasteiger partial charge in [-0.2, -0.15) is 0 Å². The third-order valence-electron chi connectivity index (χ3n) is 3.84. The van der Waals surface area contributed by atoms with Gasteiger partial charge in [0.2, 0.25) is 5.91 Å². The topological polar surface area (TPSA) is 77.0 Å². The van der Waals surface area contributed by atoms with Gasteiger partial charge in [0.1, 0.15) is 22.0 Å². The highest BCUT2D eigenvalue weighted by atomic mass is 32.2. The Morgan fingerprint density at radius 2 is 2.14 bits per heavy atom. The molecule has 6 nitrogen and oxygen atoms in total. The SMILES string of the molecule is COc1cccc(NC(=O)CSc2nnc(-c3cccs3)c3sc(C)nc23)c1. The molecule has 3 aromatic heterocycles. The van der Waals surface area contributed by atoms with Gasteiger partial charge in [0.25, 0.3) is 0 Å². The lowest BCUT2D eigenvalue weighted by molar-refractivity contribution is -0.113. The number of carbonyl (C=O) groups is 1. The normalized spacial score (nSPS) is 10.9. The number of benzene rings is 1. The van der Waals surface area contributed by atoms with Crippen LogP contribution < -0.4 is 10.1 Å². The van der Waals surface area contributed by atoms with E-state index in [4.69, 9.17) is 4.74 Å². The number of hydrogen-bond acceptors (Lipinski definition) is 8. The monoisotopic (exact) mass is 428 g/mol. The van der Waals surface area contributed by atoms with Crippen LogP contribution >= 0.6 is 34.4 Å². The zero-order valence-electron chi connectivity index (χ0n) is 15.1. The van der Waals surface area contributed by atoms with E-state index in [0.717, 1.165) is 25.8 Å². The van der Waals surface area contributed by atoms with Gasteiger partial charge in [-0.05, 0) is 30.5 Å². The van der Waals surface area contributed by atoms with E-state index in [1.807, 2.05) is 42.6 Å². The predicted molar refractivity (Wildman–Crippen MR) is 116 cm³/mol. The second-order valence-corrected chi connectivity index (χ2v) is 8.93. The lowest BCUT2D eigenvalue weighted by Gasteiger charge is -2.07. The van der Waals surface area contributed by atoms with Crippen LogP contribution in [0.25, 0.3) is 20.8 Å². The van der Waals surface area contributed by atoms with Gasteiger partial charge in [-0.1, -0.05) is 23.9 Å². The van der Waals surface area contributed by atoms with Gasteiger partial charge in [-0.15, -0.1) is 32.9 Å². The van der Waals surface area contributed by atoms with Crippen molar-refractivity contribution in [1.82, 2.24) is 15.2 Å². The summed E-state index contributed by atoms with van der Waals surface area (Å²) in [6, 6.07) is 11.3. The summed E-state index contributed by atoms with van der Waals surface area (Å²) in [4.78, 5) is 18.0. The van der Waals surface area contributed by atoms with E-state index < -0.39 is 0 Å². The molecule has 0 saturated heterocycles. The summed E-state index contributed by atoms with van der Waals surface area (Å²) in [6.45, 7) is 1.97. The summed E-state index contributed by atoms with van der Waals surface area (Å²) in [7, 11) is 1.59. The molecule has 0 unspecified atom stereocenters. The Kier molecular flexibility index (Phi) is 5.56. The third-order valence-corrected chi connectivity index (χ3v) is 6.65. The summed E-state index contributed by atoms with van der Waals surface area (Å²) in [5.74, 6) is 0.790. The van der Waals surface area contributed by atoms with E-state index in [2.05, 4.69) is 20.5 Å². The van der Waals surface area contributed by atoms with Crippen molar-refractivity contribution in [3.63, 3.8) is 0 Å². The number of nitrogens with one attached hydrogen (secondary N) is 1. The summed E-state index contributed by atoms with van der Waals surface area (Å²) in [5.41, 5.74) is 2.35. The Balaban J connectivity index is 1.52. The molecule has 0 fully saturated rings. The van der Waals surface area contributed by atoms with Crippen molar-refractivity contribution in [3.8, 4) is 16.3 Å². The molecule has 1 aromatic carbocycles. The standard InChI is InChI=1S/C19H16N4O2S3/c1-11-20-17-18(28-11)16(14-7-4-8-26-14)22-23-19(17)27-10-15(24)21-12-5-3-6-13(9-12)25-2/h3-9H,10H2,1-2H3,(H,21,24). The first-order valence-electron chi connectivity index (χ1n) is 8.38. The Morgan fingerprint density at radius 1 is 1.25 bits per heavy atom. The van der Waals surface area contributed by atoms with E-state index >= 15 is 0 Å². The first-order valence-corrected chi connectivity index (χ1v) is 11.1. The molecule has 1 N–H and O–H groups in total. The number of thioether (sulfide) groups is 1. The van der Waals surface area contributed by atoms with Crippen LogP contribution in [0.2, 0.25) is 0 Å². The number of rotatable bonds is 6. The summed E-state index contributed by atoms with van der Waals surface area (Å²) < 4.78 is 6.18. The second-order valence-electron chi connectivity index (χ2n) is 5.81. The molecule has 0 aliphatic heterocycles. The van der Waals surface area contributed by atoms with Gasteiger partial charge in [0, 0.05) is 11.8 Å². The molecule has 4 rings (SSSR count). The number of thiazole rings is 1. The van der Waals surface area contributed by atoms with Gasteiger partial charge >= 0.3 is 0 Å². The molecule has 28 heavy (non-hydrogen) atoms. The number of aryl methyl sites for hydroxylation is 1. The number of amides is 1. The highest BCUT2D eigenvalue weighted by Crippen LogP contribution is 2.36. The first kappa shape index (κ1) is 18.9. The van der Waals surface area contributed by atoms with Crippen LogP contribution in [0.1, 0.15) is 5.01 Å². The van der Waals surface area contributed by atoms with Crippen LogP contribution in [0.15, 0.2) is 46.8 Å². The Hall–Kier alpha value is -2.49. The largest absolute Gasteiger partial charge is 0.497 e. The van der Waals surface area contributed by atoms with E-state index in [-0.39, 0.29) is 11.7 Å². The van der Waals surface area contributed by atoms with Crippen LogP contribution in [-0.4, -0.2) is 34.0 Å². The van der Waals surface area contributed by atoms with Crippen LogP contribution in [-0.2, 0) is 4.79 Å². The van der Waals surface area contributed by atoms with Crippen molar-refractivity contribution in [2.75, 3.05) is 18.2 Å². The molecular formula is C19H16N4O2S3. The van der Waals surface area contributed by atoms with Gasteiger partial charge in [-0.25, -0.2) is 4.98 Å². The molecule has 0 bridgehead atoms. The number of nitrogens with zero attached hydrogens (tertiary/aromatic N) is 3. The Bertz CT molecular complexity index is 1130. The molecule has 142 valence electrons. The Morgan fingerprint density at radius 3 is 2.93 bits per heavy atom. The predicted octanol–water partition coefficient (Wildman–Crippen LogP) is 4.86. The highest BCUT2D eigenvalue weighted by Gasteiger charge is 2.17. The lowest BCUT2D eigenvalue weighted by Crippen LogP contribution is -2.14. The summed E-state index contributed by atoms with van der Waals surface area (Å²) in [5, 5.41) is 15.3. The molecule has 0 atom stereocenters. The number of anilines is 1. The second kappa shape index (κ2) is 8.26. The number of methoxy groups -OCH3 is 1. The van der Waals surface area contributed by atoms with Crippen molar-refractivity contribution in [1.29, 1.82) is 0 Å². The zero-order valence-corrected chi connectivity index (χ0v) is 17.6. The zero-order chi connectivity index (χ0) is 19.5. The maximum absolute atomic E-state index is 12.3. The first-order chi connectivity index (χ1) is 13.6. The van der Waals surface area contributed by atoms with Crippen molar-refractivity contribution in [3.05, 3.63) is 46.8 Å². The van der Waals surface area contributed by atoms with E-state index in [1.165, 1.54) is 11.8 Å². The van der Waals surface area contributed by atoms with E-state index in [0.29, 0.717) is 16.5 Å². The summed E-state index contributed by atoms with van der Waals surface area (Å²) >= 11 is 4.56. The van der Waals surface area contributed by atoms with Gasteiger partial charge < -0.3 is 10.1 Å². The average molecular weight is 429 g/mol. The lowest BCUT2D eigenvalue weighted by atomic mass is 10.3. The molecule has 4 aromatic rings. The molecule has 0 aliphatic carbocycles. The third kappa shape index (κ3) is 4.01. The Labute approximate surface area is 174 Å². The van der Waals surface area contributed by atoms with Gasteiger partial charge in [0.05, 0.1) is 27.4 Å². The number of thiophene rings is 1. The fourth-order valence-electron chi connectivity index (χ4n) is 2.62. The summed E-state index contributed by atoms with van der Waals surface area (Å²) in [6.07, 6.45) is 0. The quantitative estimate of drug-likeness (QED) is 0.442. The minimum Gasteiger partial charge on any atom is -0.497 e. The molecular weight excluding hydrogens is 412 g/mol. The van der Waals surface area contributed by atoms with Gasteiger partial charge in [0.15, 0.2) is 0 Å². The van der Waals surface area contributed by atoms with Crippen molar-refractivity contribution in [2.45, 2.75) is 11.9 Å². The fraction of sp³-hybridized carbons (Fsp3) is 0.158. The highest BCUT2D eigenvalue weighted by molar-refractivity contribution is 8.00. The van der Waals surface area contributed by atoms with Crippen molar-refractivity contribution in [2.24, 2.45) is 0 Å². The van der Waals surface area contributed by atoms with E-state index in [1.54, 1.807) is 35.8 Å². The van der Waals surface area contributed by atoms with Crippen LogP contribution in [0.4, 0.5) is 5.69 Å². The molecule has 0 saturated carbocycles. The molecule has 0 radical (unpaired) electrons. The van der Waals surface area contributed by atoms with E-state index in [9.17, 15) is 4.79 Å². The molecule has 9 heteroatoms. The molecule has 0 spiro atoms. The molecule has 1 amide bonds. The number of hydrogen-bond donors (Lipinski definition) is 1. The number of fused-ring (bicyclic) bond motifs is 1. The van der Waals surface area contributed by atoms with Crippen LogP contribution in [0, 0.1) is 6.92 Å². The van der Waals surface area contributed by atoms with Crippen molar-refractivity contribution >= 4 is 56.2 Å².